The minimum atomic E-state index is -0.706. The summed E-state index contributed by atoms with van der Waals surface area (Å²) in [7, 11) is 1.62. The van der Waals surface area contributed by atoms with Crippen LogP contribution in [0.1, 0.15) is 37.3 Å². The van der Waals surface area contributed by atoms with E-state index in [0.29, 0.717) is 12.8 Å². The van der Waals surface area contributed by atoms with Crippen molar-refractivity contribution in [2.45, 2.75) is 38.1 Å². The lowest BCUT2D eigenvalue weighted by molar-refractivity contribution is -0.137. The van der Waals surface area contributed by atoms with Gasteiger partial charge in [-0.2, -0.15) is 5.10 Å². The molecule has 3 rings (SSSR count). The lowest BCUT2D eigenvalue weighted by Crippen LogP contribution is -2.46. The van der Waals surface area contributed by atoms with E-state index in [1.807, 2.05) is 49.4 Å². The molecule has 0 aromatic heterocycles. The highest BCUT2D eigenvalue weighted by Gasteiger charge is 2.41. The average Bonchev–Trinajstić information content (AvgIpc) is 3.07. The number of amides is 1. The molecule has 2 aromatic rings. The predicted molar refractivity (Wildman–Crippen MR) is 106 cm³/mol. The zero-order valence-electron chi connectivity index (χ0n) is 15.9. The molecule has 1 N–H and O–H groups in total. The van der Waals surface area contributed by atoms with E-state index in [2.05, 4.69) is 17.2 Å². The summed E-state index contributed by atoms with van der Waals surface area (Å²) < 4.78 is 5.28. The Labute approximate surface area is 160 Å². The number of hydrazone groups is 1. The zero-order valence-corrected chi connectivity index (χ0v) is 15.9. The van der Waals surface area contributed by atoms with Crippen molar-refractivity contribution in [3.8, 4) is 5.75 Å². The number of carbonyl (C=O) groups excluding carboxylic acids is 1. The van der Waals surface area contributed by atoms with Crippen LogP contribution in [0.3, 0.4) is 0 Å². The number of carbonyl (C=O) groups is 1. The van der Waals surface area contributed by atoms with Gasteiger partial charge in [-0.15, -0.1) is 0 Å². The van der Waals surface area contributed by atoms with Crippen LogP contribution in [0.2, 0.25) is 0 Å². The van der Waals surface area contributed by atoms with Gasteiger partial charge in [0.2, 0.25) is 5.91 Å². The first-order chi connectivity index (χ1) is 13.1. The molecular weight excluding hydrogens is 340 g/mol. The molecule has 1 aliphatic rings. The highest BCUT2D eigenvalue weighted by atomic mass is 16.5. The zero-order chi connectivity index (χ0) is 19.3. The smallest absolute Gasteiger partial charge is 0.243 e. The standard InChI is InChI=1S/C22H26N2O3/c1-22(16-25)15-20(18-11-7-12-19(14-18)27-2)23-24(22)21(26)13-6-10-17-8-4-3-5-9-17/h3-5,7-9,11-12,14,25H,6,10,13,15-16H2,1-2H3. The highest BCUT2D eigenvalue weighted by molar-refractivity contribution is 6.03. The quantitative estimate of drug-likeness (QED) is 0.817. The minimum absolute atomic E-state index is 0.0552. The number of benzene rings is 2. The van der Waals surface area contributed by atoms with Crippen molar-refractivity contribution in [2.24, 2.45) is 5.10 Å². The van der Waals surface area contributed by atoms with Crippen molar-refractivity contribution < 1.29 is 14.6 Å². The molecule has 5 heteroatoms. The van der Waals surface area contributed by atoms with E-state index in [1.165, 1.54) is 10.6 Å². The largest absolute Gasteiger partial charge is 0.497 e. The number of aliphatic hydroxyl groups is 1. The number of hydrogen-bond acceptors (Lipinski definition) is 4. The van der Waals surface area contributed by atoms with Crippen LogP contribution in [0.25, 0.3) is 0 Å². The fourth-order valence-electron chi connectivity index (χ4n) is 3.35. The molecule has 1 atom stereocenters. The average molecular weight is 366 g/mol. The topological polar surface area (TPSA) is 62.1 Å². The van der Waals surface area contributed by atoms with Crippen LogP contribution in [0.15, 0.2) is 59.7 Å². The van der Waals surface area contributed by atoms with Gasteiger partial charge in [0.05, 0.1) is 25.0 Å². The summed E-state index contributed by atoms with van der Waals surface area (Å²) in [6, 6.07) is 17.8. The normalized spacial score (nSPS) is 19.1. The number of aryl methyl sites for hydroxylation is 1. The van der Waals surface area contributed by atoms with E-state index in [0.717, 1.165) is 29.9 Å². The lowest BCUT2D eigenvalue weighted by Gasteiger charge is -2.30. The Morgan fingerprint density at radius 1 is 1.22 bits per heavy atom. The molecule has 5 nitrogen and oxygen atoms in total. The Balaban J connectivity index is 1.71. The van der Waals surface area contributed by atoms with E-state index in [9.17, 15) is 9.90 Å². The van der Waals surface area contributed by atoms with Gasteiger partial charge in [-0.1, -0.05) is 42.5 Å². The van der Waals surface area contributed by atoms with Crippen LogP contribution >= 0.6 is 0 Å². The fourth-order valence-corrected chi connectivity index (χ4v) is 3.35. The van der Waals surface area contributed by atoms with Crippen molar-refractivity contribution >= 4 is 11.6 Å². The van der Waals surface area contributed by atoms with Crippen molar-refractivity contribution in [2.75, 3.05) is 13.7 Å². The maximum Gasteiger partial charge on any atom is 0.243 e. The lowest BCUT2D eigenvalue weighted by atomic mass is 9.93. The van der Waals surface area contributed by atoms with Crippen LogP contribution in [0, 0.1) is 0 Å². The van der Waals surface area contributed by atoms with Crippen molar-refractivity contribution in [1.82, 2.24) is 5.01 Å². The molecule has 0 radical (unpaired) electrons. The van der Waals surface area contributed by atoms with Gasteiger partial charge in [-0.25, -0.2) is 5.01 Å². The second kappa shape index (κ2) is 8.35. The molecule has 0 bridgehead atoms. The van der Waals surface area contributed by atoms with Crippen LogP contribution in [0.4, 0.5) is 0 Å². The Kier molecular flexibility index (Phi) is 5.91. The third kappa shape index (κ3) is 4.37. The van der Waals surface area contributed by atoms with E-state index in [4.69, 9.17) is 4.74 Å². The van der Waals surface area contributed by atoms with Gasteiger partial charge >= 0.3 is 0 Å². The Morgan fingerprint density at radius 2 is 2.00 bits per heavy atom. The predicted octanol–water partition coefficient (Wildman–Crippen LogP) is 3.41. The molecule has 27 heavy (non-hydrogen) atoms. The first-order valence-corrected chi connectivity index (χ1v) is 9.25. The monoisotopic (exact) mass is 366 g/mol. The molecule has 0 aliphatic carbocycles. The second-order valence-electron chi connectivity index (χ2n) is 7.16. The molecule has 2 aromatic carbocycles. The summed E-state index contributed by atoms with van der Waals surface area (Å²) in [6.45, 7) is 1.74. The van der Waals surface area contributed by atoms with Crippen molar-refractivity contribution in [1.29, 1.82) is 0 Å². The van der Waals surface area contributed by atoms with Crippen LogP contribution in [-0.4, -0.2) is 41.0 Å². The van der Waals surface area contributed by atoms with Crippen molar-refractivity contribution in [3.05, 3.63) is 65.7 Å². The molecule has 1 amide bonds. The summed E-state index contributed by atoms with van der Waals surface area (Å²) in [5.41, 5.74) is 2.22. The number of rotatable bonds is 7. The Hall–Kier alpha value is -2.66. The van der Waals surface area contributed by atoms with Gasteiger partial charge < -0.3 is 9.84 Å². The van der Waals surface area contributed by atoms with E-state index < -0.39 is 5.54 Å². The number of methoxy groups -OCH3 is 1. The molecule has 0 fully saturated rings. The maximum atomic E-state index is 12.8. The third-order valence-electron chi connectivity index (χ3n) is 4.96. The molecule has 0 saturated heterocycles. The minimum Gasteiger partial charge on any atom is -0.497 e. The number of ether oxygens (including phenoxy) is 1. The van der Waals surface area contributed by atoms with Crippen LogP contribution in [-0.2, 0) is 11.2 Å². The number of aliphatic hydroxyl groups excluding tert-OH is 1. The second-order valence-corrected chi connectivity index (χ2v) is 7.16. The molecule has 1 heterocycles. The van der Waals surface area contributed by atoms with E-state index in [1.54, 1.807) is 7.11 Å². The van der Waals surface area contributed by atoms with Gasteiger partial charge in [0.15, 0.2) is 0 Å². The molecule has 142 valence electrons. The summed E-state index contributed by atoms with van der Waals surface area (Å²) >= 11 is 0. The summed E-state index contributed by atoms with van der Waals surface area (Å²) in [6.07, 6.45) is 2.52. The van der Waals surface area contributed by atoms with Gasteiger partial charge in [-0.3, -0.25) is 4.79 Å². The van der Waals surface area contributed by atoms with E-state index in [-0.39, 0.29) is 12.5 Å². The van der Waals surface area contributed by atoms with Crippen molar-refractivity contribution in [3.63, 3.8) is 0 Å². The third-order valence-corrected chi connectivity index (χ3v) is 4.96. The molecule has 0 saturated carbocycles. The van der Waals surface area contributed by atoms with Gasteiger partial charge in [-0.05, 0) is 37.5 Å². The SMILES string of the molecule is COc1cccc(C2=NN(C(=O)CCCc3ccccc3)C(C)(CO)C2)c1. The molecule has 1 unspecified atom stereocenters. The van der Waals surface area contributed by atoms with Gasteiger partial charge in [0, 0.05) is 18.4 Å². The molecule has 1 aliphatic heterocycles. The first kappa shape index (κ1) is 19.1. The Morgan fingerprint density at radius 3 is 2.70 bits per heavy atom. The maximum absolute atomic E-state index is 12.8. The van der Waals surface area contributed by atoms with Crippen LogP contribution < -0.4 is 4.74 Å². The van der Waals surface area contributed by atoms with E-state index >= 15 is 0 Å². The van der Waals surface area contributed by atoms with Gasteiger partial charge in [0.1, 0.15) is 5.75 Å². The summed E-state index contributed by atoms with van der Waals surface area (Å²) in [4.78, 5) is 12.8. The Bertz CT molecular complexity index is 819. The fraction of sp³-hybridized carbons (Fsp3) is 0.364. The molecular formula is C22H26N2O3. The number of hydrogen-bond donors (Lipinski definition) is 1. The molecule has 0 spiro atoms. The highest BCUT2D eigenvalue weighted by Crippen LogP contribution is 2.31. The first-order valence-electron chi connectivity index (χ1n) is 9.25. The number of nitrogens with zero attached hydrogens (tertiary/aromatic N) is 2. The van der Waals surface area contributed by atoms with Crippen LogP contribution in [0.5, 0.6) is 5.75 Å². The summed E-state index contributed by atoms with van der Waals surface area (Å²) in [5, 5.41) is 16.0. The summed E-state index contributed by atoms with van der Waals surface area (Å²) in [5.74, 6) is 0.689. The van der Waals surface area contributed by atoms with Gasteiger partial charge in [0.25, 0.3) is 0 Å².